The molecule has 0 aliphatic heterocycles. The molecule has 0 aliphatic rings. The lowest BCUT2D eigenvalue weighted by Crippen LogP contribution is -2.35. The molecule has 0 unspecified atom stereocenters. The molecule has 20 heavy (non-hydrogen) atoms. The van der Waals surface area contributed by atoms with E-state index in [9.17, 15) is 0 Å². The van der Waals surface area contributed by atoms with Crippen LogP contribution in [0.3, 0.4) is 0 Å². The maximum Gasteiger partial charge on any atom is 0.246 e. The molecule has 7 heteroatoms. The van der Waals surface area contributed by atoms with Gasteiger partial charge in [0, 0.05) is 19.0 Å². The van der Waals surface area contributed by atoms with Crippen LogP contribution in [0.15, 0.2) is 29.4 Å². The molecule has 2 rings (SSSR count). The van der Waals surface area contributed by atoms with Gasteiger partial charge in [0.25, 0.3) is 0 Å². The van der Waals surface area contributed by atoms with Crippen LogP contribution < -0.4 is 10.6 Å². The van der Waals surface area contributed by atoms with Crippen LogP contribution >= 0.6 is 0 Å². The van der Waals surface area contributed by atoms with E-state index in [4.69, 9.17) is 10.9 Å². The number of amidine groups is 1. The van der Waals surface area contributed by atoms with E-state index in [1.54, 1.807) is 0 Å². The van der Waals surface area contributed by atoms with Crippen molar-refractivity contribution in [1.82, 2.24) is 15.2 Å². The van der Waals surface area contributed by atoms with Gasteiger partial charge in [-0.05, 0) is 26.0 Å². The van der Waals surface area contributed by atoms with E-state index in [0.29, 0.717) is 18.9 Å². The summed E-state index contributed by atoms with van der Waals surface area (Å²) in [5.41, 5.74) is 7.07. The van der Waals surface area contributed by atoms with Gasteiger partial charge in [0.15, 0.2) is 0 Å². The minimum atomic E-state index is 0.185. The van der Waals surface area contributed by atoms with Gasteiger partial charge in [-0.1, -0.05) is 17.3 Å². The van der Waals surface area contributed by atoms with E-state index < -0.39 is 0 Å². The van der Waals surface area contributed by atoms with Crippen molar-refractivity contribution in [3.63, 3.8) is 0 Å². The Morgan fingerprint density at radius 3 is 2.65 bits per heavy atom. The number of aromatic nitrogens is 3. The largest absolute Gasteiger partial charge is 0.409 e. The fourth-order valence-corrected chi connectivity index (χ4v) is 1.87. The number of hydrogen-bond donors (Lipinski definition) is 2. The summed E-state index contributed by atoms with van der Waals surface area (Å²) >= 11 is 0. The zero-order valence-corrected chi connectivity index (χ0v) is 11.6. The highest BCUT2D eigenvalue weighted by Gasteiger charge is 2.15. The third-order valence-electron chi connectivity index (χ3n) is 2.97. The number of rotatable bonds is 5. The van der Waals surface area contributed by atoms with Gasteiger partial charge in [0.2, 0.25) is 5.95 Å². The standard InChI is InChI=1S/C13H18N6O/c1-9(2)19(8-7-12(14)18-20)13-15-10-5-3-4-6-11(10)16-17-13/h3-6,9,20H,7-8H2,1-2H3,(H2,14,18). The van der Waals surface area contributed by atoms with Crippen molar-refractivity contribution in [3.05, 3.63) is 24.3 Å². The predicted octanol–water partition coefficient (Wildman–Crippen LogP) is 1.38. The van der Waals surface area contributed by atoms with Gasteiger partial charge < -0.3 is 15.8 Å². The molecule has 7 nitrogen and oxygen atoms in total. The first-order valence-corrected chi connectivity index (χ1v) is 6.44. The Hall–Kier alpha value is -2.44. The van der Waals surface area contributed by atoms with Crippen LogP contribution in [-0.4, -0.2) is 38.8 Å². The van der Waals surface area contributed by atoms with Crippen LogP contribution in [0.5, 0.6) is 0 Å². The van der Waals surface area contributed by atoms with E-state index in [0.717, 1.165) is 11.0 Å². The Morgan fingerprint density at radius 2 is 2.00 bits per heavy atom. The number of para-hydroxylation sites is 1. The summed E-state index contributed by atoms with van der Waals surface area (Å²) in [4.78, 5) is 6.48. The van der Waals surface area contributed by atoms with E-state index in [2.05, 4.69) is 20.3 Å². The predicted molar refractivity (Wildman–Crippen MR) is 77.8 cm³/mol. The summed E-state index contributed by atoms with van der Waals surface area (Å²) in [5.74, 6) is 0.730. The Balaban J connectivity index is 2.26. The number of nitrogens with zero attached hydrogens (tertiary/aromatic N) is 5. The summed E-state index contributed by atoms with van der Waals surface area (Å²) < 4.78 is 0. The molecule has 0 bridgehead atoms. The van der Waals surface area contributed by atoms with Crippen molar-refractivity contribution in [3.8, 4) is 0 Å². The fourth-order valence-electron chi connectivity index (χ4n) is 1.87. The van der Waals surface area contributed by atoms with Crippen molar-refractivity contribution in [2.45, 2.75) is 26.3 Å². The van der Waals surface area contributed by atoms with Gasteiger partial charge in [-0.2, -0.15) is 0 Å². The first kappa shape index (κ1) is 14.0. The van der Waals surface area contributed by atoms with Crippen molar-refractivity contribution < 1.29 is 5.21 Å². The average molecular weight is 274 g/mol. The van der Waals surface area contributed by atoms with Crippen LogP contribution in [0.2, 0.25) is 0 Å². The maximum absolute atomic E-state index is 8.60. The summed E-state index contributed by atoms with van der Waals surface area (Å²) in [6.07, 6.45) is 0.435. The molecule has 106 valence electrons. The van der Waals surface area contributed by atoms with Crippen LogP contribution in [0.4, 0.5) is 5.95 Å². The Bertz CT molecular complexity index is 613. The number of hydrogen-bond acceptors (Lipinski definition) is 6. The van der Waals surface area contributed by atoms with Crippen LogP contribution in [-0.2, 0) is 0 Å². The second-order valence-electron chi connectivity index (χ2n) is 4.73. The molecular formula is C13H18N6O. The quantitative estimate of drug-likeness (QED) is 0.370. The fraction of sp³-hybridized carbons (Fsp3) is 0.385. The zero-order valence-electron chi connectivity index (χ0n) is 11.6. The maximum atomic E-state index is 8.60. The van der Waals surface area contributed by atoms with Crippen molar-refractivity contribution in [2.24, 2.45) is 10.9 Å². The highest BCUT2D eigenvalue weighted by Crippen LogP contribution is 2.15. The summed E-state index contributed by atoms with van der Waals surface area (Å²) in [6.45, 7) is 4.63. The molecule has 0 atom stereocenters. The van der Waals surface area contributed by atoms with Crippen molar-refractivity contribution in [1.29, 1.82) is 0 Å². The van der Waals surface area contributed by atoms with Gasteiger partial charge in [-0.15, -0.1) is 10.2 Å². The minimum absolute atomic E-state index is 0.185. The Kier molecular flexibility index (Phi) is 4.29. The average Bonchev–Trinajstić information content (AvgIpc) is 2.46. The molecule has 0 spiro atoms. The van der Waals surface area contributed by atoms with Crippen molar-refractivity contribution >= 4 is 22.8 Å². The molecule has 0 saturated heterocycles. The SMILES string of the molecule is CC(C)N(CC/C(N)=N/O)c1nnc2ccccc2n1. The molecule has 2 aromatic rings. The Morgan fingerprint density at radius 1 is 1.30 bits per heavy atom. The number of nitrogens with two attached hydrogens (primary N) is 1. The van der Waals surface area contributed by atoms with Gasteiger partial charge in [0.1, 0.15) is 11.4 Å². The Labute approximate surface area is 117 Å². The molecule has 0 aliphatic carbocycles. The smallest absolute Gasteiger partial charge is 0.246 e. The first-order chi connectivity index (χ1) is 9.61. The third-order valence-corrected chi connectivity index (χ3v) is 2.97. The molecule has 3 N–H and O–H groups in total. The third kappa shape index (κ3) is 3.11. The highest BCUT2D eigenvalue weighted by molar-refractivity contribution is 5.80. The lowest BCUT2D eigenvalue weighted by molar-refractivity contribution is 0.317. The summed E-state index contributed by atoms with van der Waals surface area (Å²) in [5, 5.41) is 19.9. The van der Waals surface area contributed by atoms with Gasteiger partial charge in [-0.3, -0.25) is 0 Å². The van der Waals surface area contributed by atoms with Crippen molar-refractivity contribution in [2.75, 3.05) is 11.4 Å². The number of oxime groups is 1. The van der Waals surface area contributed by atoms with E-state index in [-0.39, 0.29) is 11.9 Å². The molecular weight excluding hydrogens is 256 g/mol. The summed E-state index contributed by atoms with van der Waals surface area (Å²) in [7, 11) is 0. The number of fused-ring (bicyclic) bond motifs is 1. The topological polar surface area (TPSA) is 101 Å². The van der Waals surface area contributed by atoms with Gasteiger partial charge in [0.05, 0.1) is 5.52 Å². The molecule has 0 fully saturated rings. The van der Waals surface area contributed by atoms with Crippen LogP contribution in [0.25, 0.3) is 11.0 Å². The lowest BCUT2D eigenvalue weighted by atomic mass is 10.3. The highest BCUT2D eigenvalue weighted by atomic mass is 16.4. The lowest BCUT2D eigenvalue weighted by Gasteiger charge is -2.26. The molecule has 0 radical (unpaired) electrons. The van der Waals surface area contributed by atoms with E-state index >= 15 is 0 Å². The second kappa shape index (κ2) is 6.14. The zero-order chi connectivity index (χ0) is 14.5. The second-order valence-corrected chi connectivity index (χ2v) is 4.73. The number of benzene rings is 1. The van der Waals surface area contributed by atoms with Gasteiger partial charge >= 0.3 is 0 Å². The molecule has 1 aromatic carbocycles. The molecule has 0 amide bonds. The number of anilines is 1. The van der Waals surface area contributed by atoms with Crippen LogP contribution in [0, 0.1) is 0 Å². The van der Waals surface area contributed by atoms with Crippen LogP contribution in [0.1, 0.15) is 20.3 Å². The monoisotopic (exact) mass is 274 g/mol. The van der Waals surface area contributed by atoms with Gasteiger partial charge in [-0.25, -0.2) is 4.98 Å². The summed E-state index contributed by atoms with van der Waals surface area (Å²) in [6, 6.07) is 7.77. The minimum Gasteiger partial charge on any atom is -0.409 e. The van der Waals surface area contributed by atoms with E-state index in [1.807, 2.05) is 43.0 Å². The first-order valence-electron chi connectivity index (χ1n) is 6.44. The molecule has 1 aromatic heterocycles. The molecule has 0 saturated carbocycles. The normalized spacial score (nSPS) is 12.1. The molecule has 1 heterocycles. The van der Waals surface area contributed by atoms with E-state index in [1.165, 1.54) is 0 Å².